The average Bonchev–Trinajstić information content (AvgIpc) is 0. The summed E-state index contributed by atoms with van der Waals surface area (Å²) < 4.78 is 0. The summed E-state index contributed by atoms with van der Waals surface area (Å²) in [6.07, 6.45) is 0. The van der Waals surface area contributed by atoms with E-state index in [0.29, 0.717) is 0 Å². The molecule has 0 spiro atoms. The molecule has 0 rings (SSSR count). The van der Waals surface area contributed by atoms with Gasteiger partial charge in [-0.1, -0.05) is 0 Å². The molecule has 0 atom stereocenters. The van der Waals surface area contributed by atoms with Crippen LogP contribution in [-0.2, 0) is 88.4 Å². The number of rotatable bonds is 0. The molecule has 5 heavy (non-hydrogen) atoms. The van der Waals surface area contributed by atoms with Gasteiger partial charge in [0.05, 0.1) is 0 Å². The molecule has 0 saturated carbocycles. The number of hydrogen-bond donors (Lipinski definition) is 0. The third kappa shape index (κ3) is 17.9. The van der Waals surface area contributed by atoms with E-state index >= 15 is 0 Å². The molecule has 0 bridgehead atoms. The van der Waals surface area contributed by atoms with Crippen LogP contribution in [0, 0.1) is 39.9 Å². The smallest absolute Gasteiger partial charge is 0 e. The average molecular weight is 894 g/mol. The predicted octanol–water partition coefficient (Wildman–Crippen LogP) is -0.0100. The van der Waals surface area contributed by atoms with E-state index in [9.17, 15) is 0 Å². The van der Waals surface area contributed by atoms with E-state index in [1.165, 1.54) is 0 Å². The van der Waals surface area contributed by atoms with Crippen molar-refractivity contribution in [3.8, 4) is 0 Å². The normalized spacial score (nSPS) is 0. The molecule has 0 saturated heterocycles. The monoisotopic (exact) mass is 894 g/mol. The van der Waals surface area contributed by atoms with Crippen LogP contribution < -0.4 is 0 Å². The van der Waals surface area contributed by atoms with Gasteiger partial charge in [0, 0.05) is 128 Å². The van der Waals surface area contributed by atoms with Crippen LogP contribution in [0.4, 0.5) is 0 Å². The van der Waals surface area contributed by atoms with E-state index in [4.69, 9.17) is 0 Å². The zero-order valence-electron chi connectivity index (χ0n) is 2.06. The van der Waals surface area contributed by atoms with Gasteiger partial charge in [0.2, 0.25) is 0 Å². The van der Waals surface area contributed by atoms with Gasteiger partial charge in [-0.15, -0.1) is 0 Å². The molecule has 0 aliphatic heterocycles. The van der Waals surface area contributed by atoms with E-state index in [0.717, 1.165) is 0 Å². The fraction of sp³-hybridized carbons (Fsp3) is 0. The molecular formula is IrPtThWZr. The summed E-state index contributed by atoms with van der Waals surface area (Å²) in [7, 11) is 0. The summed E-state index contributed by atoms with van der Waals surface area (Å²) >= 11 is 0. The van der Waals surface area contributed by atoms with E-state index in [1.54, 1.807) is 0 Å². The molecule has 5 heteroatoms. The summed E-state index contributed by atoms with van der Waals surface area (Å²) in [6, 6.07) is 0. The second kappa shape index (κ2) is 24.0. The number of hydrogen-bond acceptors (Lipinski definition) is 0. The molecule has 0 amide bonds. The molecule has 0 aromatic rings. The van der Waals surface area contributed by atoms with Crippen molar-refractivity contribution >= 4 is 0 Å². The Hall–Kier alpha value is 4.23. The largest absolute Gasteiger partial charge is 0 e. The van der Waals surface area contributed by atoms with Gasteiger partial charge in [0.1, 0.15) is 0 Å². The molecule has 0 aliphatic carbocycles. The van der Waals surface area contributed by atoms with Gasteiger partial charge < -0.3 is 0 Å². The van der Waals surface area contributed by atoms with E-state index in [1.807, 2.05) is 0 Å². The summed E-state index contributed by atoms with van der Waals surface area (Å²) in [5.74, 6) is 0. The third-order valence-corrected chi connectivity index (χ3v) is 0. The minimum Gasteiger partial charge on any atom is 0 e. The molecule has 0 fully saturated rings. The van der Waals surface area contributed by atoms with Crippen LogP contribution in [0.2, 0.25) is 0 Å². The molecule has 33 valence electrons. The Morgan fingerprint density at radius 2 is 1.00 bits per heavy atom. The molecule has 1 radical (unpaired) electrons. The van der Waals surface area contributed by atoms with Gasteiger partial charge in [0.15, 0.2) is 0 Å². The fourth-order valence-corrected chi connectivity index (χ4v) is 0. The van der Waals surface area contributed by atoms with Gasteiger partial charge in [0.25, 0.3) is 0 Å². The van der Waals surface area contributed by atoms with Crippen LogP contribution in [0.25, 0.3) is 0 Å². The first kappa shape index (κ1) is 34.9. The van der Waals surface area contributed by atoms with E-state index in [-0.39, 0.29) is 128 Å². The van der Waals surface area contributed by atoms with Gasteiger partial charge in [-0.2, -0.15) is 0 Å². The minimum atomic E-state index is 0. The maximum Gasteiger partial charge on any atom is 0 e. The SMILES string of the molecule is [Ir].[Pt].[Th].[W].[Zr]. The molecular weight excluding hydrogens is 894 g/mol. The van der Waals surface area contributed by atoms with Crippen LogP contribution in [0.15, 0.2) is 0 Å². The first-order valence-corrected chi connectivity index (χ1v) is 0. The Labute approximate surface area is 125 Å². The van der Waals surface area contributed by atoms with E-state index < -0.39 is 0 Å². The van der Waals surface area contributed by atoms with Gasteiger partial charge >= 0.3 is 0 Å². The van der Waals surface area contributed by atoms with Crippen molar-refractivity contribution < 1.29 is 128 Å². The molecule has 0 nitrogen and oxygen atoms in total. The Morgan fingerprint density at radius 3 is 1.00 bits per heavy atom. The molecule has 0 unspecified atom stereocenters. The second-order valence-corrected chi connectivity index (χ2v) is 0. The van der Waals surface area contributed by atoms with Crippen LogP contribution in [-0.4, -0.2) is 0 Å². The van der Waals surface area contributed by atoms with Crippen molar-refractivity contribution in [3.05, 3.63) is 0 Å². The molecule has 0 heterocycles. The van der Waals surface area contributed by atoms with Crippen molar-refractivity contribution in [1.82, 2.24) is 0 Å². The molecule has 0 N–H and O–H groups in total. The standard InChI is InChI=1S/Ir.Pt.Th.W.Zr. The second-order valence-electron chi connectivity index (χ2n) is 0. The van der Waals surface area contributed by atoms with Gasteiger partial charge in [-0.3, -0.25) is 0 Å². The Bertz CT molecular complexity index is 11.6. The summed E-state index contributed by atoms with van der Waals surface area (Å²) in [4.78, 5) is 0. The van der Waals surface area contributed by atoms with Crippen molar-refractivity contribution in [1.29, 1.82) is 0 Å². The van der Waals surface area contributed by atoms with Gasteiger partial charge in [-0.25, -0.2) is 0 Å². The summed E-state index contributed by atoms with van der Waals surface area (Å²) in [5, 5.41) is 0. The van der Waals surface area contributed by atoms with Crippen molar-refractivity contribution in [2.24, 2.45) is 0 Å². The zero-order valence-corrected chi connectivity index (χ0v) is 16.2. The molecule has 0 aliphatic rings. The van der Waals surface area contributed by atoms with Crippen LogP contribution in [0.3, 0.4) is 0 Å². The van der Waals surface area contributed by atoms with E-state index in [2.05, 4.69) is 0 Å². The Morgan fingerprint density at radius 1 is 1.00 bits per heavy atom. The maximum absolute atomic E-state index is 0. The van der Waals surface area contributed by atoms with Gasteiger partial charge in [-0.05, 0) is 0 Å². The summed E-state index contributed by atoms with van der Waals surface area (Å²) in [6.45, 7) is 0. The fourth-order valence-electron chi connectivity index (χ4n) is 0. The molecule has 0 aromatic heterocycles. The minimum absolute atomic E-state index is 0. The quantitative estimate of drug-likeness (QED) is 0.322. The Balaban J connectivity index is 0. The predicted molar refractivity (Wildman–Crippen MR) is 0 cm³/mol. The first-order chi connectivity index (χ1) is 0. The van der Waals surface area contributed by atoms with Crippen LogP contribution in [0.5, 0.6) is 0 Å². The third-order valence-electron chi connectivity index (χ3n) is 0. The van der Waals surface area contributed by atoms with Crippen molar-refractivity contribution in [2.75, 3.05) is 0 Å². The van der Waals surface area contributed by atoms with Crippen LogP contribution >= 0.6 is 0 Å². The van der Waals surface area contributed by atoms with Crippen molar-refractivity contribution in [3.63, 3.8) is 0 Å². The Kier molecular flexibility index (Phi) is 168. The van der Waals surface area contributed by atoms with Crippen LogP contribution in [0.1, 0.15) is 0 Å². The molecule has 0 aromatic carbocycles. The summed E-state index contributed by atoms with van der Waals surface area (Å²) in [5.41, 5.74) is 0. The first-order valence-electron chi connectivity index (χ1n) is 0. The topological polar surface area (TPSA) is 0 Å². The maximum atomic E-state index is 0. The van der Waals surface area contributed by atoms with Crippen molar-refractivity contribution in [2.45, 2.75) is 0 Å². The zero-order chi connectivity index (χ0) is 0.